The number of hydrogen-bond donors (Lipinski definition) is 0. The van der Waals surface area contributed by atoms with E-state index in [-0.39, 0.29) is 5.91 Å². The lowest BCUT2D eigenvalue weighted by molar-refractivity contribution is -0.125. The molecule has 0 N–H and O–H groups in total. The highest BCUT2D eigenvalue weighted by Gasteiger charge is 2.25. The van der Waals surface area contributed by atoms with E-state index in [1.165, 1.54) is 0 Å². The summed E-state index contributed by atoms with van der Waals surface area (Å²) in [7, 11) is 0. The van der Waals surface area contributed by atoms with E-state index in [0.29, 0.717) is 5.92 Å². The number of amides is 1. The van der Waals surface area contributed by atoms with E-state index in [4.69, 9.17) is 0 Å². The van der Waals surface area contributed by atoms with Gasteiger partial charge in [0.2, 0.25) is 5.91 Å². The number of benzene rings is 1. The average molecular weight is 292 g/mol. The molecule has 1 aliphatic heterocycles. The Hall–Kier alpha value is -2.42. The summed E-state index contributed by atoms with van der Waals surface area (Å²) in [5.74, 6) is 0.622. The molecule has 3 rings (SSSR count). The monoisotopic (exact) mass is 292 g/mol. The van der Waals surface area contributed by atoms with Crippen LogP contribution < -0.4 is 0 Å². The Labute approximate surface area is 131 Å². The summed E-state index contributed by atoms with van der Waals surface area (Å²) in [6, 6.07) is 15.9. The molecule has 112 valence electrons. The number of rotatable bonds is 4. The summed E-state index contributed by atoms with van der Waals surface area (Å²) in [6.07, 6.45) is 7.40. The second-order valence-electron chi connectivity index (χ2n) is 5.71. The van der Waals surface area contributed by atoms with Gasteiger partial charge in [0.25, 0.3) is 0 Å². The molecular formula is C19H20N2O. The third kappa shape index (κ3) is 3.82. The van der Waals surface area contributed by atoms with Gasteiger partial charge in [0.1, 0.15) is 0 Å². The lowest BCUT2D eigenvalue weighted by Gasteiger charge is -2.14. The first-order valence-electron chi connectivity index (χ1n) is 7.73. The molecule has 0 spiro atoms. The molecular weight excluding hydrogens is 272 g/mol. The molecule has 0 saturated carbocycles. The Morgan fingerprint density at radius 2 is 2.00 bits per heavy atom. The normalized spacial score (nSPS) is 18.0. The van der Waals surface area contributed by atoms with E-state index >= 15 is 0 Å². The van der Waals surface area contributed by atoms with Crippen molar-refractivity contribution in [1.82, 2.24) is 9.88 Å². The third-order valence-corrected chi connectivity index (χ3v) is 4.04. The molecule has 1 aliphatic rings. The van der Waals surface area contributed by atoms with Gasteiger partial charge in [0.15, 0.2) is 0 Å². The van der Waals surface area contributed by atoms with E-state index in [2.05, 4.69) is 11.1 Å². The van der Waals surface area contributed by atoms with Crippen LogP contribution in [0.3, 0.4) is 0 Å². The van der Waals surface area contributed by atoms with Gasteiger partial charge >= 0.3 is 0 Å². The predicted octanol–water partition coefficient (Wildman–Crippen LogP) is 3.19. The first-order valence-corrected chi connectivity index (χ1v) is 7.73. The van der Waals surface area contributed by atoms with Crippen molar-refractivity contribution in [3.05, 3.63) is 72.1 Å². The molecule has 1 saturated heterocycles. The van der Waals surface area contributed by atoms with Crippen LogP contribution >= 0.6 is 0 Å². The van der Waals surface area contributed by atoms with Crippen molar-refractivity contribution < 1.29 is 4.79 Å². The number of carbonyl (C=O) groups excluding carboxylic acids is 1. The lowest BCUT2D eigenvalue weighted by atomic mass is 10.0. The average Bonchev–Trinajstić information content (AvgIpc) is 3.03. The molecule has 22 heavy (non-hydrogen) atoms. The summed E-state index contributed by atoms with van der Waals surface area (Å²) in [5, 5.41) is 0. The van der Waals surface area contributed by atoms with E-state index in [1.807, 2.05) is 59.6 Å². The maximum atomic E-state index is 12.2. The van der Waals surface area contributed by atoms with Crippen LogP contribution in [-0.2, 0) is 11.2 Å². The fourth-order valence-electron chi connectivity index (χ4n) is 2.85. The molecule has 1 amide bonds. The van der Waals surface area contributed by atoms with Crippen LogP contribution in [0.5, 0.6) is 0 Å². The van der Waals surface area contributed by atoms with Crippen molar-refractivity contribution in [3.8, 4) is 0 Å². The van der Waals surface area contributed by atoms with Crippen molar-refractivity contribution in [2.75, 3.05) is 13.1 Å². The second kappa shape index (κ2) is 7.03. The summed E-state index contributed by atoms with van der Waals surface area (Å²) in [5.41, 5.74) is 2.17. The maximum absolute atomic E-state index is 12.2. The Morgan fingerprint density at radius 1 is 1.18 bits per heavy atom. The second-order valence-corrected chi connectivity index (χ2v) is 5.71. The predicted molar refractivity (Wildman–Crippen MR) is 88.1 cm³/mol. The Morgan fingerprint density at radius 3 is 2.77 bits per heavy atom. The highest BCUT2D eigenvalue weighted by molar-refractivity contribution is 5.91. The summed E-state index contributed by atoms with van der Waals surface area (Å²) < 4.78 is 0. The number of likely N-dealkylation sites (tertiary alicyclic amines) is 1. The minimum atomic E-state index is 0.104. The third-order valence-electron chi connectivity index (χ3n) is 4.04. The Kier molecular flexibility index (Phi) is 4.64. The molecule has 1 aromatic heterocycles. The number of aromatic nitrogens is 1. The molecule has 2 aromatic rings. The number of pyridine rings is 1. The summed E-state index contributed by atoms with van der Waals surface area (Å²) >= 11 is 0. The van der Waals surface area contributed by atoms with Gasteiger partial charge in [-0.05, 0) is 42.5 Å². The van der Waals surface area contributed by atoms with Crippen molar-refractivity contribution in [2.45, 2.75) is 12.8 Å². The van der Waals surface area contributed by atoms with Gasteiger partial charge in [-0.3, -0.25) is 9.78 Å². The minimum Gasteiger partial charge on any atom is -0.339 e. The number of hydrogen-bond acceptors (Lipinski definition) is 2. The Balaban J connectivity index is 1.54. The zero-order valence-corrected chi connectivity index (χ0v) is 12.6. The summed E-state index contributed by atoms with van der Waals surface area (Å²) in [4.78, 5) is 18.5. The lowest BCUT2D eigenvalue weighted by Crippen LogP contribution is -2.27. The van der Waals surface area contributed by atoms with Crippen LogP contribution in [0.1, 0.15) is 17.7 Å². The quantitative estimate of drug-likeness (QED) is 0.811. The van der Waals surface area contributed by atoms with Crippen LogP contribution in [0.4, 0.5) is 0 Å². The molecule has 0 bridgehead atoms. The van der Waals surface area contributed by atoms with Crippen molar-refractivity contribution in [3.63, 3.8) is 0 Å². The molecule has 1 atom stereocenters. The smallest absolute Gasteiger partial charge is 0.246 e. The van der Waals surface area contributed by atoms with E-state index in [9.17, 15) is 4.79 Å². The molecule has 3 heteroatoms. The topological polar surface area (TPSA) is 33.2 Å². The fourth-order valence-corrected chi connectivity index (χ4v) is 2.85. The highest BCUT2D eigenvalue weighted by atomic mass is 16.2. The largest absolute Gasteiger partial charge is 0.339 e. The first-order chi connectivity index (χ1) is 10.8. The molecule has 2 heterocycles. The van der Waals surface area contributed by atoms with Crippen LogP contribution in [0.25, 0.3) is 6.08 Å². The highest BCUT2D eigenvalue weighted by Crippen LogP contribution is 2.20. The standard InChI is InChI=1S/C19H20N2O/c22-19(10-9-16-6-2-1-3-7-16)21-13-11-17(15-21)14-18-8-4-5-12-20-18/h1-10,12,17H,11,13-15H2. The fraction of sp³-hybridized carbons (Fsp3) is 0.263. The van der Waals surface area contributed by atoms with E-state index in [0.717, 1.165) is 37.2 Å². The van der Waals surface area contributed by atoms with Gasteiger partial charge < -0.3 is 4.90 Å². The van der Waals surface area contributed by atoms with Gasteiger partial charge in [-0.1, -0.05) is 36.4 Å². The van der Waals surface area contributed by atoms with E-state index in [1.54, 1.807) is 6.08 Å². The maximum Gasteiger partial charge on any atom is 0.246 e. The molecule has 1 aromatic carbocycles. The minimum absolute atomic E-state index is 0.104. The van der Waals surface area contributed by atoms with Gasteiger partial charge in [-0.15, -0.1) is 0 Å². The van der Waals surface area contributed by atoms with Crippen LogP contribution in [0.15, 0.2) is 60.8 Å². The van der Waals surface area contributed by atoms with Gasteiger partial charge in [0.05, 0.1) is 0 Å². The van der Waals surface area contributed by atoms with Crippen LogP contribution in [-0.4, -0.2) is 28.9 Å². The molecule has 1 fully saturated rings. The number of carbonyl (C=O) groups is 1. The van der Waals surface area contributed by atoms with E-state index < -0.39 is 0 Å². The van der Waals surface area contributed by atoms with Crippen LogP contribution in [0, 0.1) is 5.92 Å². The van der Waals surface area contributed by atoms with Crippen molar-refractivity contribution >= 4 is 12.0 Å². The molecule has 0 aliphatic carbocycles. The van der Waals surface area contributed by atoms with Gasteiger partial charge in [-0.2, -0.15) is 0 Å². The Bertz CT molecular complexity index is 637. The molecule has 1 unspecified atom stereocenters. The SMILES string of the molecule is O=C(C=Cc1ccccc1)N1CCC(Cc2ccccn2)C1. The molecule has 0 radical (unpaired) electrons. The summed E-state index contributed by atoms with van der Waals surface area (Å²) in [6.45, 7) is 1.67. The van der Waals surface area contributed by atoms with Crippen LogP contribution in [0.2, 0.25) is 0 Å². The number of nitrogens with zero attached hydrogens (tertiary/aromatic N) is 2. The first kappa shape index (κ1) is 14.5. The van der Waals surface area contributed by atoms with Gasteiger partial charge in [0, 0.05) is 31.1 Å². The molecule has 3 nitrogen and oxygen atoms in total. The van der Waals surface area contributed by atoms with Gasteiger partial charge in [-0.25, -0.2) is 0 Å². The zero-order chi connectivity index (χ0) is 15.2. The van der Waals surface area contributed by atoms with Crippen molar-refractivity contribution in [2.24, 2.45) is 5.92 Å². The van der Waals surface area contributed by atoms with Crippen molar-refractivity contribution in [1.29, 1.82) is 0 Å². The zero-order valence-electron chi connectivity index (χ0n) is 12.6.